The predicted octanol–water partition coefficient (Wildman–Crippen LogP) is 1.10. The molecule has 6 heteroatoms. The molecule has 0 aromatic rings. The van der Waals surface area contributed by atoms with Crippen molar-refractivity contribution < 1.29 is 29.6 Å². The van der Waals surface area contributed by atoms with Gasteiger partial charge in [-0.2, -0.15) is 0 Å². The molecule has 6 atom stereocenters. The molecule has 0 radical (unpaired) electrons. The molecule has 2 heterocycles. The summed E-state index contributed by atoms with van der Waals surface area (Å²) in [4.78, 5) is 11.8. The zero-order valence-corrected chi connectivity index (χ0v) is 15.4. The second-order valence-electron chi connectivity index (χ2n) is 8.83. The number of hydrogen-bond acceptors (Lipinski definition) is 6. The molecule has 0 aromatic carbocycles. The van der Waals surface area contributed by atoms with E-state index in [0.717, 1.165) is 24.8 Å². The van der Waals surface area contributed by atoms with Crippen molar-refractivity contribution in [3.05, 3.63) is 23.3 Å². The van der Waals surface area contributed by atoms with Crippen LogP contribution in [0.15, 0.2) is 23.3 Å². The van der Waals surface area contributed by atoms with E-state index in [0.29, 0.717) is 13.0 Å². The normalized spacial score (nSPS) is 51.0. The molecular weight excluding hydrogens is 336 g/mol. The van der Waals surface area contributed by atoms with Crippen molar-refractivity contribution >= 4 is 5.97 Å². The van der Waals surface area contributed by atoms with Crippen LogP contribution in [-0.4, -0.2) is 58.9 Å². The second kappa shape index (κ2) is 5.89. The van der Waals surface area contributed by atoms with Crippen molar-refractivity contribution in [2.45, 2.75) is 57.3 Å². The molecule has 1 spiro atoms. The number of carbonyl (C=O) groups excluding carboxylic acids is 1. The summed E-state index contributed by atoms with van der Waals surface area (Å²) in [5.74, 6) is -0.347. The summed E-state index contributed by atoms with van der Waals surface area (Å²) >= 11 is 0. The van der Waals surface area contributed by atoms with Gasteiger partial charge in [0, 0.05) is 5.41 Å². The van der Waals surface area contributed by atoms with Gasteiger partial charge in [-0.05, 0) is 48.7 Å². The van der Waals surface area contributed by atoms with E-state index in [1.165, 1.54) is 0 Å². The molecule has 4 rings (SSSR count). The van der Waals surface area contributed by atoms with Gasteiger partial charge in [-0.25, -0.2) is 4.79 Å². The fourth-order valence-electron chi connectivity index (χ4n) is 5.66. The van der Waals surface area contributed by atoms with Crippen molar-refractivity contribution in [3.8, 4) is 0 Å². The molecule has 2 saturated heterocycles. The topological polar surface area (TPSA) is 99.5 Å². The first-order valence-corrected chi connectivity index (χ1v) is 9.48. The lowest BCUT2D eigenvalue weighted by atomic mass is 9.47. The Balaban J connectivity index is 1.76. The number of hydrogen-bond donors (Lipinski definition) is 3. The van der Waals surface area contributed by atoms with Crippen LogP contribution in [0, 0.1) is 16.7 Å². The molecule has 4 aliphatic rings. The summed E-state index contributed by atoms with van der Waals surface area (Å²) in [6.45, 7) is 4.77. The van der Waals surface area contributed by atoms with Crippen molar-refractivity contribution in [2.75, 3.05) is 19.8 Å². The van der Waals surface area contributed by atoms with Gasteiger partial charge in [0.15, 0.2) is 0 Å². The van der Waals surface area contributed by atoms with Crippen molar-refractivity contribution in [2.24, 2.45) is 16.7 Å². The Bertz CT molecular complexity index is 678. The first-order valence-electron chi connectivity index (χ1n) is 9.48. The molecule has 1 unspecified atom stereocenters. The summed E-state index contributed by atoms with van der Waals surface area (Å²) in [6.07, 6.45) is 5.36. The lowest BCUT2D eigenvalue weighted by Crippen LogP contribution is -2.57. The summed E-state index contributed by atoms with van der Waals surface area (Å²) < 4.78 is 10.8. The van der Waals surface area contributed by atoms with Gasteiger partial charge in [0.2, 0.25) is 0 Å². The molecule has 3 N–H and O–H groups in total. The highest BCUT2D eigenvalue weighted by Crippen LogP contribution is 2.65. The maximum Gasteiger partial charge on any atom is 0.336 e. The molecule has 2 aliphatic heterocycles. The van der Waals surface area contributed by atoms with E-state index in [-0.39, 0.29) is 35.7 Å². The lowest BCUT2D eigenvalue weighted by molar-refractivity contribution is -0.135. The Hall–Kier alpha value is -1.21. The minimum atomic E-state index is -0.890. The summed E-state index contributed by atoms with van der Waals surface area (Å²) in [5, 5.41) is 30.6. The van der Waals surface area contributed by atoms with Crippen LogP contribution in [0.25, 0.3) is 0 Å². The number of epoxide rings is 1. The number of aliphatic hydroxyl groups excluding tert-OH is 3. The van der Waals surface area contributed by atoms with E-state index >= 15 is 0 Å². The Kier molecular flexibility index (Phi) is 4.12. The molecule has 0 amide bonds. The van der Waals surface area contributed by atoms with Gasteiger partial charge < -0.3 is 24.8 Å². The predicted molar refractivity (Wildman–Crippen MR) is 93.1 cm³/mol. The van der Waals surface area contributed by atoms with E-state index in [9.17, 15) is 20.1 Å². The maximum absolute atomic E-state index is 11.8. The van der Waals surface area contributed by atoms with Crippen molar-refractivity contribution in [1.82, 2.24) is 0 Å². The maximum atomic E-state index is 11.8. The molecule has 4 fully saturated rings. The third kappa shape index (κ3) is 2.43. The van der Waals surface area contributed by atoms with Crippen LogP contribution in [0.1, 0.15) is 39.5 Å². The standard InChI is InChI=1S/C20H28O6/c1-18-7-6-16(23)19(2,10-21)14(18)5-8-20(11-26-20)15(18)4-3-12-13(22)9-25-17(12)24/h3-4,13-14,16,21-23H,5-11H2,1-2H3/b12-3+,15-4-/t13-,14?,16-,18+,19+,20+/m1/s1. The van der Waals surface area contributed by atoms with Crippen LogP contribution < -0.4 is 0 Å². The quantitative estimate of drug-likeness (QED) is 0.385. The van der Waals surface area contributed by atoms with Gasteiger partial charge in [-0.1, -0.05) is 19.9 Å². The second-order valence-corrected chi connectivity index (χ2v) is 8.83. The Morgan fingerprint density at radius 1 is 1.19 bits per heavy atom. The molecule has 2 aliphatic carbocycles. The molecular formula is C20H28O6. The minimum Gasteiger partial charge on any atom is -0.459 e. The van der Waals surface area contributed by atoms with Crippen LogP contribution in [0.2, 0.25) is 0 Å². The molecule has 0 aromatic heterocycles. The number of fused-ring (bicyclic) bond motifs is 1. The molecule has 2 saturated carbocycles. The van der Waals surface area contributed by atoms with E-state index in [2.05, 4.69) is 6.92 Å². The third-order valence-corrected chi connectivity index (χ3v) is 7.44. The van der Waals surface area contributed by atoms with Crippen molar-refractivity contribution in [3.63, 3.8) is 0 Å². The fraction of sp³-hybridized carbons (Fsp3) is 0.750. The Morgan fingerprint density at radius 2 is 1.92 bits per heavy atom. The average molecular weight is 364 g/mol. The summed E-state index contributed by atoms with van der Waals surface area (Å²) in [7, 11) is 0. The minimum absolute atomic E-state index is 0.00412. The Labute approximate surface area is 153 Å². The van der Waals surface area contributed by atoms with E-state index in [1.807, 2.05) is 13.0 Å². The monoisotopic (exact) mass is 364 g/mol. The van der Waals surface area contributed by atoms with Crippen LogP contribution in [0.4, 0.5) is 0 Å². The number of ether oxygens (including phenoxy) is 2. The van der Waals surface area contributed by atoms with Crippen LogP contribution in [0.3, 0.4) is 0 Å². The van der Waals surface area contributed by atoms with Crippen molar-refractivity contribution in [1.29, 1.82) is 0 Å². The number of cyclic esters (lactones) is 1. The molecule has 0 bridgehead atoms. The van der Waals surface area contributed by atoms with Gasteiger partial charge in [0.25, 0.3) is 0 Å². The smallest absolute Gasteiger partial charge is 0.336 e. The summed E-state index contributed by atoms with van der Waals surface area (Å²) in [5.41, 5.74) is 0.318. The fourth-order valence-corrected chi connectivity index (χ4v) is 5.66. The highest BCUT2D eigenvalue weighted by molar-refractivity contribution is 5.92. The van der Waals surface area contributed by atoms with Crippen LogP contribution in [-0.2, 0) is 14.3 Å². The molecule has 26 heavy (non-hydrogen) atoms. The van der Waals surface area contributed by atoms with Gasteiger partial charge in [-0.15, -0.1) is 0 Å². The number of carbonyl (C=O) groups is 1. The van der Waals surface area contributed by atoms with Gasteiger partial charge in [-0.3, -0.25) is 0 Å². The van der Waals surface area contributed by atoms with Gasteiger partial charge >= 0.3 is 5.97 Å². The van der Waals surface area contributed by atoms with Crippen LogP contribution in [0.5, 0.6) is 0 Å². The Morgan fingerprint density at radius 3 is 2.50 bits per heavy atom. The lowest BCUT2D eigenvalue weighted by Gasteiger charge is -2.58. The van der Waals surface area contributed by atoms with E-state index < -0.39 is 23.6 Å². The number of esters is 1. The highest BCUT2D eigenvalue weighted by atomic mass is 16.6. The van der Waals surface area contributed by atoms with E-state index in [4.69, 9.17) is 9.47 Å². The first kappa shape index (κ1) is 18.2. The largest absolute Gasteiger partial charge is 0.459 e. The molecule has 6 nitrogen and oxygen atoms in total. The first-order chi connectivity index (χ1) is 12.3. The van der Waals surface area contributed by atoms with E-state index in [1.54, 1.807) is 6.08 Å². The van der Waals surface area contributed by atoms with Gasteiger partial charge in [0.05, 0.1) is 24.9 Å². The number of allylic oxidation sites excluding steroid dienone is 2. The third-order valence-electron chi connectivity index (χ3n) is 7.44. The molecule has 144 valence electrons. The van der Waals surface area contributed by atoms with Crippen LogP contribution >= 0.6 is 0 Å². The number of aliphatic hydroxyl groups is 3. The highest BCUT2D eigenvalue weighted by Gasteiger charge is 2.64. The summed E-state index contributed by atoms with van der Waals surface area (Å²) in [6, 6.07) is 0. The zero-order valence-electron chi connectivity index (χ0n) is 15.4. The van der Waals surface area contributed by atoms with Gasteiger partial charge in [0.1, 0.15) is 18.3 Å². The number of rotatable bonds is 2. The SMILES string of the molecule is C[C@]1(CO)C2CC[C@]3(CO3)/C(=C\C=C3\C(=O)OC[C@H]3O)[C@@]2(C)CC[C@H]1O. The zero-order chi connectivity index (χ0) is 18.7. The average Bonchev–Trinajstić information content (AvgIpc) is 3.31.